The highest BCUT2D eigenvalue weighted by molar-refractivity contribution is 6.01. The molecular formula is C70H49N. The van der Waals surface area contributed by atoms with Crippen molar-refractivity contribution in [3.05, 3.63) is 294 Å². The van der Waals surface area contributed by atoms with Gasteiger partial charge in [-0.05, 0) is 160 Å². The van der Waals surface area contributed by atoms with E-state index in [9.17, 15) is 0 Å². The minimum Gasteiger partial charge on any atom is -0.310 e. The van der Waals surface area contributed by atoms with Crippen molar-refractivity contribution in [2.75, 3.05) is 4.90 Å². The zero-order chi connectivity index (χ0) is 47.3. The van der Waals surface area contributed by atoms with E-state index in [0.29, 0.717) is 0 Å². The maximum atomic E-state index is 2.50. The van der Waals surface area contributed by atoms with Crippen molar-refractivity contribution in [2.45, 2.75) is 24.7 Å². The number of hydrogen-bond acceptors (Lipinski definition) is 1. The molecule has 1 heteroatoms. The summed E-state index contributed by atoms with van der Waals surface area (Å²) in [4.78, 5) is 2.43. The van der Waals surface area contributed by atoms with E-state index in [4.69, 9.17) is 0 Å². The molecule has 0 aliphatic heterocycles. The average molecular weight is 904 g/mol. The van der Waals surface area contributed by atoms with Crippen LogP contribution in [0.15, 0.2) is 261 Å². The van der Waals surface area contributed by atoms with E-state index in [0.717, 1.165) is 17.1 Å². The molecule has 11 aromatic carbocycles. The summed E-state index contributed by atoms with van der Waals surface area (Å²) < 4.78 is 0. The van der Waals surface area contributed by atoms with Crippen molar-refractivity contribution >= 4 is 17.1 Å². The molecule has 3 aliphatic rings. The fraction of sp³-hybridized carbons (Fsp3) is 0.0571. The Kier molecular flexibility index (Phi) is 9.22. The molecule has 0 fully saturated rings. The van der Waals surface area contributed by atoms with Crippen LogP contribution in [-0.4, -0.2) is 0 Å². The topological polar surface area (TPSA) is 3.24 Å². The van der Waals surface area contributed by atoms with Gasteiger partial charge in [-0.15, -0.1) is 0 Å². The van der Waals surface area contributed by atoms with Crippen LogP contribution in [0.25, 0.3) is 77.9 Å². The third-order valence-corrected chi connectivity index (χ3v) is 15.9. The van der Waals surface area contributed by atoms with Crippen molar-refractivity contribution in [3.8, 4) is 77.9 Å². The normalized spacial score (nSPS) is 15.1. The van der Waals surface area contributed by atoms with Crippen molar-refractivity contribution in [1.29, 1.82) is 0 Å². The third-order valence-electron chi connectivity index (χ3n) is 15.9. The standard InChI is InChI=1S/C70H49N/c1-69(2)62-26-14-12-23-57(62)59-42-39-55(45-65(59)69)71(53-35-29-49(30-36-53)46-17-6-3-7-18-46)54-37-31-50(32-38-54)56-25-16-28-64-68(56)61-41-34-52(48-21-10-5-11-22-48)44-67(61)70(64)63-27-15-13-24-58(63)60-40-33-51(43-66(60)70)47-19-8-4-9-20-47/h3-45H,1-2H3. The maximum Gasteiger partial charge on any atom is 0.0726 e. The molecule has 0 bridgehead atoms. The minimum absolute atomic E-state index is 0.124. The lowest BCUT2D eigenvalue weighted by molar-refractivity contribution is 0.660. The molecule has 3 aliphatic carbocycles. The summed E-state index contributed by atoms with van der Waals surface area (Å²) in [6, 6.07) is 97.3. The van der Waals surface area contributed by atoms with Gasteiger partial charge in [-0.25, -0.2) is 0 Å². The third kappa shape index (κ3) is 6.19. The fourth-order valence-corrected chi connectivity index (χ4v) is 12.6. The summed E-state index contributed by atoms with van der Waals surface area (Å²) in [7, 11) is 0. The van der Waals surface area contributed by atoms with Crippen LogP contribution in [0.5, 0.6) is 0 Å². The van der Waals surface area contributed by atoms with Crippen molar-refractivity contribution in [3.63, 3.8) is 0 Å². The molecule has 0 amide bonds. The number of anilines is 3. The van der Waals surface area contributed by atoms with Crippen molar-refractivity contribution in [2.24, 2.45) is 0 Å². The second-order valence-electron chi connectivity index (χ2n) is 20.0. The van der Waals surface area contributed by atoms with Crippen LogP contribution in [0.4, 0.5) is 17.1 Å². The predicted octanol–water partition coefficient (Wildman–Crippen LogP) is 18.5. The van der Waals surface area contributed by atoms with Gasteiger partial charge in [-0.3, -0.25) is 0 Å². The van der Waals surface area contributed by atoms with Crippen LogP contribution < -0.4 is 4.90 Å². The monoisotopic (exact) mass is 903 g/mol. The molecule has 1 unspecified atom stereocenters. The Morgan fingerprint density at radius 2 is 0.634 bits per heavy atom. The van der Waals surface area contributed by atoms with Gasteiger partial charge in [0.25, 0.3) is 0 Å². The van der Waals surface area contributed by atoms with Gasteiger partial charge in [0.15, 0.2) is 0 Å². The first-order valence-electron chi connectivity index (χ1n) is 24.9. The van der Waals surface area contributed by atoms with Crippen LogP contribution in [0.2, 0.25) is 0 Å². The van der Waals surface area contributed by atoms with E-state index in [1.807, 2.05) is 0 Å². The maximum absolute atomic E-state index is 2.50. The van der Waals surface area contributed by atoms with E-state index >= 15 is 0 Å². The number of benzene rings is 11. The Labute approximate surface area is 416 Å². The fourth-order valence-electron chi connectivity index (χ4n) is 12.6. The van der Waals surface area contributed by atoms with Gasteiger partial charge in [0.05, 0.1) is 5.41 Å². The summed E-state index contributed by atoms with van der Waals surface area (Å²) >= 11 is 0. The Morgan fingerprint density at radius 3 is 1.25 bits per heavy atom. The van der Waals surface area contributed by atoms with Crippen LogP contribution >= 0.6 is 0 Å². The van der Waals surface area contributed by atoms with Gasteiger partial charge in [0, 0.05) is 22.5 Å². The van der Waals surface area contributed by atoms with Crippen molar-refractivity contribution < 1.29 is 0 Å². The quantitative estimate of drug-likeness (QED) is 0.154. The van der Waals surface area contributed by atoms with Gasteiger partial charge in [0.2, 0.25) is 0 Å². The summed E-state index contributed by atoms with van der Waals surface area (Å²) in [5.74, 6) is 0. The highest BCUT2D eigenvalue weighted by atomic mass is 15.1. The smallest absolute Gasteiger partial charge is 0.0726 e. The summed E-state index contributed by atoms with van der Waals surface area (Å²) in [6.45, 7) is 4.73. The van der Waals surface area contributed by atoms with Crippen LogP contribution in [0.1, 0.15) is 47.2 Å². The van der Waals surface area contributed by atoms with Crippen LogP contribution in [0.3, 0.4) is 0 Å². The minimum atomic E-state index is -0.522. The van der Waals surface area contributed by atoms with E-state index in [-0.39, 0.29) is 5.41 Å². The van der Waals surface area contributed by atoms with Gasteiger partial charge in [-0.1, -0.05) is 226 Å². The molecule has 71 heavy (non-hydrogen) atoms. The first kappa shape index (κ1) is 41.2. The molecule has 0 N–H and O–H groups in total. The zero-order valence-electron chi connectivity index (χ0n) is 39.8. The predicted molar refractivity (Wildman–Crippen MR) is 297 cm³/mol. The molecule has 0 aromatic heterocycles. The molecule has 14 rings (SSSR count). The molecule has 1 nitrogen and oxygen atoms in total. The molecule has 11 aromatic rings. The van der Waals surface area contributed by atoms with Crippen LogP contribution in [0, 0.1) is 0 Å². The van der Waals surface area contributed by atoms with Gasteiger partial charge < -0.3 is 4.90 Å². The van der Waals surface area contributed by atoms with E-state index < -0.39 is 5.41 Å². The molecule has 0 radical (unpaired) electrons. The lowest BCUT2D eigenvalue weighted by Gasteiger charge is -2.31. The SMILES string of the molecule is CC1(C)c2ccccc2-c2ccc(N(c3ccc(-c4ccccc4)cc3)c3ccc(-c4cccc5c4-c4ccc(-c6ccccc6)cc4C54c5ccccc5-c5ccc(-c6ccccc6)cc54)cc3)cc21. The second-order valence-corrected chi connectivity index (χ2v) is 20.0. The molecular weight excluding hydrogens is 855 g/mol. The van der Waals surface area contributed by atoms with Gasteiger partial charge in [-0.2, -0.15) is 0 Å². The first-order valence-corrected chi connectivity index (χ1v) is 24.9. The lowest BCUT2D eigenvalue weighted by atomic mass is 9.69. The van der Waals surface area contributed by atoms with Crippen molar-refractivity contribution in [1.82, 2.24) is 0 Å². The Hall–Kier alpha value is -8.78. The van der Waals surface area contributed by atoms with E-state index in [1.165, 1.54) is 111 Å². The molecule has 0 heterocycles. The largest absolute Gasteiger partial charge is 0.310 e. The summed E-state index contributed by atoms with van der Waals surface area (Å²) in [6.07, 6.45) is 0. The lowest BCUT2D eigenvalue weighted by Crippen LogP contribution is -2.26. The molecule has 0 saturated heterocycles. The highest BCUT2D eigenvalue weighted by Crippen LogP contribution is 2.65. The molecule has 0 saturated carbocycles. The molecule has 1 spiro atoms. The molecule has 334 valence electrons. The average Bonchev–Trinajstić information content (AvgIpc) is 4.00. The molecule has 1 atom stereocenters. The first-order chi connectivity index (χ1) is 35.0. The number of nitrogens with zero attached hydrogens (tertiary/aromatic N) is 1. The number of fused-ring (bicyclic) bond motifs is 13. The zero-order valence-corrected chi connectivity index (χ0v) is 39.8. The number of rotatable bonds is 7. The Morgan fingerprint density at radius 1 is 0.239 bits per heavy atom. The summed E-state index contributed by atoms with van der Waals surface area (Å²) in [5, 5.41) is 0. The van der Waals surface area contributed by atoms with Gasteiger partial charge in [0.1, 0.15) is 0 Å². The highest BCUT2D eigenvalue weighted by Gasteiger charge is 2.52. The summed E-state index contributed by atoms with van der Waals surface area (Å²) in [5.41, 5.74) is 28.4. The Balaban J connectivity index is 0.943. The Bertz CT molecular complexity index is 3870. The van der Waals surface area contributed by atoms with E-state index in [2.05, 4.69) is 280 Å². The van der Waals surface area contributed by atoms with E-state index in [1.54, 1.807) is 0 Å². The van der Waals surface area contributed by atoms with Crippen LogP contribution in [-0.2, 0) is 10.8 Å². The van der Waals surface area contributed by atoms with Gasteiger partial charge >= 0.3 is 0 Å². The number of hydrogen-bond donors (Lipinski definition) is 0. The second kappa shape index (κ2) is 15.9.